The zero-order valence-electron chi connectivity index (χ0n) is 10.2. The van der Waals surface area contributed by atoms with Gasteiger partial charge in [0.2, 0.25) is 5.91 Å². The average molecular weight is 275 g/mol. The standard InChI is InChI=1S/C13H11ClN4O/c1-18-13(10(7-15)8-16-18)17-12(19)6-9-4-2-3-5-11(9)14/h2-5,8H,6H2,1H3,(H,17,19). The predicted octanol–water partition coefficient (Wildman–Crippen LogP) is 2.13. The molecule has 0 aliphatic heterocycles. The van der Waals surface area contributed by atoms with Crippen LogP contribution >= 0.6 is 11.6 Å². The maximum atomic E-state index is 11.9. The van der Waals surface area contributed by atoms with Gasteiger partial charge >= 0.3 is 0 Å². The van der Waals surface area contributed by atoms with Crippen LogP contribution in [0.3, 0.4) is 0 Å². The molecule has 0 radical (unpaired) electrons. The third-order valence-electron chi connectivity index (χ3n) is 2.63. The molecule has 5 nitrogen and oxygen atoms in total. The van der Waals surface area contributed by atoms with Gasteiger partial charge in [0.25, 0.3) is 0 Å². The lowest BCUT2D eigenvalue weighted by molar-refractivity contribution is -0.115. The number of nitrogens with one attached hydrogen (secondary N) is 1. The van der Waals surface area contributed by atoms with E-state index in [1.54, 1.807) is 25.2 Å². The van der Waals surface area contributed by atoms with E-state index in [1.807, 2.05) is 12.1 Å². The van der Waals surface area contributed by atoms with Crippen molar-refractivity contribution in [3.8, 4) is 6.07 Å². The van der Waals surface area contributed by atoms with Crippen LogP contribution in [0, 0.1) is 11.3 Å². The summed E-state index contributed by atoms with van der Waals surface area (Å²) in [6.07, 6.45) is 1.56. The summed E-state index contributed by atoms with van der Waals surface area (Å²) >= 11 is 5.99. The number of carbonyl (C=O) groups excluding carboxylic acids is 1. The molecule has 2 aromatic rings. The molecule has 0 saturated heterocycles. The fraction of sp³-hybridized carbons (Fsp3) is 0.154. The van der Waals surface area contributed by atoms with Crippen molar-refractivity contribution in [2.24, 2.45) is 7.05 Å². The molecule has 6 heteroatoms. The Kier molecular flexibility index (Phi) is 3.83. The molecule has 2 rings (SSSR count). The minimum Gasteiger partial charge on any atom is -0.310 e. The summed E-state index contributed by atoms with van der Waals surface area (Å²) in [6, 6.07) is 9.11. The Morgan fingerprint density at radius 2 is 2.26 bits per heavy atom. The van der Waals surface area contributed by atoms with Crippen LogP contribution in [0.4, 0.5) is 5.82 Å². The van der Waals surface area contributed by atoms with Crippen LogP contribution < -0.4 is 5.32 Å². The number of aryl methyl sites for hydroxylation is 1. The highest BCUT2D eigenvalue weighted by Crippen LogP contribution is 2.17. The van der Waals surface area contributed by atoms with Crippen molar-refractivity contribution in [3.05, 3.63) is 46.6 Å². The number of nitrogens with zero attached hydrogens (tertiary/aromatic N) is 3. The van der Waals surface area contributed by atoms with Crippen LogP contribution in [0.1, 0.15) is 11.1 Å². The van der Waals surface area contributed by atoms with Crippen molar-refractivity contribution < 1.29 is 4.79 Å². The molecular formula is C13H11ClN4O. The van der Waals surface area contributed by atoms with Crippen molar-refractivity contribution in [2.45, 2.75) is 6.42 Å². The van der Waals surface area contributed by atoms with E-state index in [4.69, 9.17) is 16.9 Å². The first kappa shape index (κ1) is 13.1. The largest absolute Gasteiger partial charge is 0.310 e. The number of anilines is 1. The molecule has 0 bridgehead atoms. The summed E-state index contributed by atoms with van der Waals surface area (Å²) in [5.41, 5.74) is 1.07. The fourth-order valence-electron chi connectivity index (χ4n) is 1.66. The maximum absolute atomic E-state index is 11.9. The lowest BCUT2D eigenvalue weighted by atomic mass is 10.1. The molecule has 1 N–H and O–H groups in total. The van der Waals surface area contributed by atoms with Crippen LogP contribution in [0.25, 0.3) is 0 Å². The molecule has 96 valence electrons. The number of hydrogen-bond donors (Lipinski definition) is 1. The SMILES string of the molecule is Cn1ncc(C#N)c1NC(=O)Cc1ccccc1Cl. The van der Waals surface area contributed by atoms with E-state index in [0.29, 0.717) is 16.4 Å². The molecule has 1 amide bonds. The summed E-state index contributed by atoms with van der Waals surface area (Å²) < 4.78 is 1.45. The Balaban J connectivity index is 2.13. The Morgan fingerprint density at radius 1 is 1.53 bits per heavy atom. The molecule has 0 aliphatic carbocycles. The average Bonchev–Trinajstić information content (AvgIpc) is 2.73. The van der Waals surface area contributed by atoms with Crippen LogP contribution in [0.2, 0.25) is 5.02 Å². The summed E-state index contributed by atoms with van der Waals surface area (Å²) in [5, 5.41) is 16.0. The zero-order valence-corrected chi connectivity index (χ0v) is 11.0. The highest BCUT2D eigenvalue weighted by molar-refractivity contribution is 6.31. The van der Waals surface area contributed by atoms with Gasteiger partial charge in [-0.25, -0.2) is 0 Å². The first-order valence-corrected chi connectivity index (χ1v) is 5.95. The first-order valence-electron chi connectivity index (χ1n) is 5.57. The van der Waals surface area contributed by atoms with Gasteiger partial charge in [-0.2, -0.15) is 10.4 Å². The summed E-state index contributed by atoms with van der Waals surface area (Å²) in [5.74, 6) is 0.146. The molecule has 0 fully saturated rings. The maximum Gasteiger partial charge on any atom is 0.230 e. The van der Waals surface area contributed by atoms with E-state index < -0.39 is 0 Å². The Bertz CT molecular complexity index is 657. The Hall–Kier alpha value is -2.32. The summed E-state index contributed by atoms with van der Waals surface area (Å²) in [4.78, 5) is 11.9. The normalized spacial score (nSPS) is 9.95. The second-order valence-electron chi connectivity index (χ2n) is 3.96. The predicted molar refractivity (Wildman–Crippen MR) is 71.7 cm³/mol. The van der Waals surface area contributed by atoms with Gasteiger partial charge in [0.05, 0.1) is 12.6 Å². The van der Waals surface area contributed by atoms with Crippen molar-refractivity contribution in [3.63, 3.8) is 0 Å². The van der Waals surface area contributed by atoms with Gasteiger partial charge in [0, 0.05) is 12.1 Å². The van der Waals surface area contributed by atoms with Gasteiger partial charge in [-0.3, -0.25) is 9.48 Å². The molecule has 1 aromatic carbocycles. The number of hydrogen-bond acceptors (Lipinski definition) is 3. The summed E-state index contributed by atoms with van der Waals surface area (Å²) in [7, 11) is 1.66. The molecule has 0 atom stereocenters. The molecule has 0 saturated carbocycles. The van der Waals surface area contributed by atoms with Gasteiger partial charge in [0.15, 0.2) is 0 Å². The van der Waals surface area contributed by atoms with Crippen molar-refractivity contribution in [1.82, 2.24) is 9.78 Å². The smallest absolute Gasteiger partial charge is 0.230 e. The molecule has 0 unspecified atom stereocenters. The van der Waals surface area contributed by atoms with E-state index >= 15 is 0 Å². The molecule has 0 spiro atoms. The van der Waals surface area contributed by atoms with E-state index in [9.17, 15) is 4.79 Å². The number of halogens is 1. The Morgan fingerprint density at radius 3 is 2.95 bits per heavy atom. The third kappa shape index (κ3) is 2.92. The first-order chi connectivity index (χ1) is 9.11. The molecule has 1 aromatic heterocycles. The van der Waals surface area contributed by atoms with E-state index in [1.165, 1.54) is 10.9 Å². The second-order valence-corrected chi connectivity index (χ2v) is 4.37. The molecule has 19 heavy (non-hydrogen) atoms. The van der Waals surface area contributed by atoms with Gasteiger partial charge in [0.1, 0.15) is 17.5 Å². The van der Waals surface area contributed by atoms with Gasteiger partial charge in [-0.05, 0) is 11.6 Å². The fourth-order valence-corrected chi connectivity index (χ4v) is 1.86. The van der Waals surface area contributed by atoms with Crippen molar-refractivity contribution >= 4 is 23.3 Å². The quantitative estimate of drug-likeness (QED) is 0.932. The third-order valence-corrected chi connectivity index (χ3v) is 2.99. The number of benzene rings is 1. The van der Waals surface area contributed by atoms with E-state index in [0.717, 1.165) is 5.56 Å². The molecular weight excluding hydrogens is 264 g/mol. The van der Waals surface area contributed by atoms with Gasteiger partial charge < -0.3 is 5.32 Å². The second kappa shape index (κ2) is 5.55. The molecule has 0 aliphatic rings. The zero-order chi connectivity index (χ0) is 13.8. The summed E-state index contributed by atoms with van der Waals surface area (Å²) in [6.45, 7) is 0. The van der Waals surface area contributed by atoms with Crippen molar-refractivity contribution in [1.29, 1.82) is 5.26 Å². The highest BCUT2D eigenvalue weighted by atomic mass is 35.5. The monoisotopic (exact) mass is 274 g/mol. The minimum absolute atomic E-state index is 0.149. The van der Waals surface area contributed by atoms with Crippen LogP contribution in [0.5, 0.6) is 0 Å². The van der Waals surface area contributed by atoms with Gasteiger partial charge in [-0.1, -0.05) is 29.8 Å². The van der Waals surface area contributed by atoms with Crippen molar-refractivity contribution in [2.75, 3.05) is 5.32 Å². The van der Waals surface area contributed by atoms with Gasteiger partial charge in [-0.15, -0.1) is 0 Å². The topological polar surface area (TPSA) is 70.7 Å². The molecule has 1 heterocycles. The number of carbonyl (C=O) groups is 1. The number of amides is 1. The van der Waals surface area contributed by atoms with Crippen LogP contribution in [-0.4, -0.2) is 15.7 Å². The lowest BCUT2D eigenvalue weighted by Gasteiger charge is -2.07. The highest BCUT2D eigenvalue weighted by Gasteiger charge is 2.12. The van der Waals surface area contributed by atoms with E-state index in [-0.39, 0.29) is 12.3 Å². The lowest BCUT2D eigenvalue weighted by Crippen LogP contribution is -2.17. The minimum atomic E-state index is -0.242. The van der Waals surface area contributed by atoms with Crippen LogP contribution in [-0.2, 0) is 18.3 Å². The Labute approximate surface area is 115 Å². The van der Waals surface area contributed by atoms with Crippen LogP contribution in [0.15, 0.2) is 30.5 Å². The number of aromatic nitrogens is 2. The number of nitriles is 1. The number of rotatable bonds is 3. The van der Waals surface area contributed by atoms with E-state index in [2.05, 4.69) is 10.4 Å².